The highest BCUT2D eigenvalue weighted by Crippen LogP contribution is 2.57. The molecule has 38 heavy (non-hydrogen) atoms. The lowest BCUT2D eigenvalue weighted by Crippen LogP contribution is -2.61. The minimum Gasteiger partial charge on any atom is -0.448 e. The van der Waals surface area contributed by atoms with Gasteiger partial charge in [-0.2, -0.15) is 0 Å². The van der Waals surface area contributed by atoms with E-state index in [2.05, 4.69) is 48.5 Å². The average Bonchev–Trinajstić information content (AvgIpc) is 3.24. The first kappa shape index (κ1) is 23.2. The Hall–Kier alpha value is -2.66. The fourth-order valence-corrected chi connectivity index (χ4v) is 9.78. The van der Waals surface area contributed by atoms with Crippen molar-refractivity contribution in [1.29, 1.82) is 0 Å². The summed E-state index contributed by atoms with van der Waals surface area (Å²) in [5, 5.41) is 0. The Balaban J connectivity index is 0.965. The number of nitrogens with zero attached hydrogens (tertiary/aromatic N) is 1. The Morgan fingerprint density at radius 3 is 1.89 bits per heavy atom. The number of Topliss-reactive ketones (excluding diaryl/α,β-unsaturated/α-hetero) is 1. The monoisotopic (exact) mass is 511 g/mol. The highest BCUT2D eigenvalue weighted by atomic mass is 16.6. The van der Waals surface area contributed by atoms with Gasteiger partial charge < -0.3 is 9.47 Å². The predicted molar refractivity (Wildman–Crippen MR) is 144 cm³/mol. The van der Waals surface area contributed by atoms with Gasteiger partial charge in [-0.15, -0.1) is 0 Å². The summed E-state index contributed by atoms with van der Waals surface area (Å²) in [7, 11) is 0. The molecule has 2 heterocycles. The molecule has 6 bridgehead atoms. The Morgan fingerprint density at radius 2 is 1.32 bits per heavy atom. The average molecular weight is 512 g/mol. The fraction of sp³-hybridized carbons (Fsp3) is 0.576. The van der Waals surface area contributed by atoms with Crippen molar-refractivity contribution in [3.8, 4) is 11.1 Å². The quantitative estimate of drug-likeness (QED) is 0.501. The third kappa shape index (κ3) is 3.61. The molecule has 5 nitrogen and oxygen atoms in total. The molecule has 1 amide bonds. The second kappa shape index (κ2) is 8.94. The molecule has 2 unspecified atom stereocenters. The number of hydrogen-bond acceptors (Lipinski definition) is 4. The van der Waals surface area contributed by atoms with E-state index in [0.717, 1.165) is 24.7 Å². The third-order valence-corrected chi connectivity index (χ3v) is 11.0. The van der Waals surface area contributed by atoms with E-state index in [1.807, 2.05) is 4.90 Å². The van der Waals surface area contributed by atoms with Gasteiger partial charge in [-0.3, -0.25) is 9.69 Å². The van der Waals surface area contributed by atoms with Crippen LogP contribution in [0.4, 0.5) is 4.79 Å². The number of benzene rings is 2. The number of piperidine rings is 1. The standard InChI is InChI=1S/C33H37NO4/c35-32(31-21-10-19-9-20(12-21)13-22(31)11-19)23-14-24-16-37-17-25(15-23)34(24)33(36)38-18-30-28-7-3-1-5-26(28)27-6-2-4-8-29(27)30/h1-8,19-25,30-31H,9-18H2. The molecule has 2 atom stereocenters. The number of carbonyl (C=O) groups excluding carboxylic acids is 2. The van der Waals surface area contributed by atoms with Crippen LogP contribution in [0.1, 0.15) is 62.0 Å². The van der Waals surface area contributed by atoms with E-state index in [1.165, 1.54) is 54.4 Å². The van der Waals surface area contributed by atoms with Crippen molar-refractivity contribution in [3.05, 3.63) is 59.7 Å². The molecular formula is C33H37NO4. The van der Waals surface area contributed by atoms with Crippen molar-refractivity contribution in [3.63, 3.8) is 0 Å². The summed E-state index contributed by atoms with van der Waals surface area (Å²) in [5.74, 6) is 3.91. The summed E-state index contributed by atoms with van der Waals surface area (Å²) in [4.78, 5) is 29.4. The van der Waals surface area contributed by atoms with Crippen molar-refractivity contribution in [2.24, 2.45) is 35.5 Å². The Labute approximate surface area is 224 Å². The van der Waals surface area contributed by atoms with Crippen molar-refractivity contribution in [1.82, 2.24) is 4.90 Å². The molecular weight excluding hydrogens is 474 g/mol. The zero-order valence-corrected chi connectivity index (χ0v) is 22.0. The van der Waals surface area contributed by atoms with Gasteiger partial charge >= 0.3 is 6.09 Å². The molecule has 0 spiro atoms. The van der Waals surface area contributed by atoms with Gasteiger partial charge in [0.2, 0.25) is 0 Å². The molecule has 6 fully saturated rings. The van der Waals surface area contributed by atoms with Crippen LogP contribution in [0.2, 0.25) is 0 Å². The van der Waals surface area contributed by atoms with Gasteiger partial charge in [-0.25, -0.2) is 4.79 Å². The third-order valence-electron chi connectivity index (χ3n) is 11.0. The van der Waals surface area contributed by atoms with E-state index >= 15 is 0 Å². The Bertz CT molecular complexity index is 1180. The lowest BCUT2D eigenvalue weighted by Gasteiger charge is -2.55. The lowest BCUT2D eigenvalue weighted by atomic mass is 9.50. The van der Waals surface area contributed by atoms with Gasteiger partial charge in [0, 0.05) is 17.8 Å². The molecule has 2 aliphatic heterocycles. The number of ether oxygens (including phenoxy) is 2. The maximum Gasteiger partial charge on any atom is 0.410 e. The first-order chi connectivity index (χ1) is 18.6. The highest BCUT2D eigenvalue weighted by molar-refractivity contribution is 5.85. The van der Waals surface area contributed by atoms with Crippen LogP contribution in [0.25, 0.3) is 11.1 Å². The summed E-state index contributed by atoms with van der Waals surface area (Å²) in [5.41, 5.74) is 4.92. The highest BCUT2D eigenvalue weighted by Gasteiger charge is 2.53. The second-order valence-corrected chi connectivity index (χ2v) is 13.1. The fourth-order valence-electron chi connectivity index (χ4n) is 9.78. The summed E-state index contributed by atoms with van der Waals surface area (Å²) < 4.78 is 11.9. The normalized spacial score (nSPS) is 36.6. The van der Waals surface area contributed by atoms with Gasteiger partial charge in [0.05, 0.1) is 25.3 Å². The lowest BCUT2D eigenvalue weighted by molar-refractivity contribution is -0.147. The van der Waals surface area contributed by atoms with Crippen LogP contribution < -0.4 is 0 Å². The molecule has 2 aromatic rings. The summed E-state index contributed by atoms with van der Waals surface area (Å²) in [6, 6.07) is 16.7. The number of rotatable bonds is 4. The van der Waals surface area contributed by atoms with Gasteiger partial charge in [0.25, 0.3) is 0 Å². The van der Waals surface area contributed by atoms with Crippen LogP contribution in [0, 0.1) is 35.5 Å². The second-order valence-electron chi connectivity index (χ2n) is 13.1. The number of morpholine rings is 1. The molecule has 5 heteroatoms. The van der Waals surface area contributed by atoms with Crippen molar-refractivity contribution in [2.45, 2.75) is 62.9 Å². The maximum atomic E-state index is 14.0. The minimum atomic E-state index is -0.245. The molecule has 2 saturated heterocycles. The number of fused-ring (bicyclic) bond motifs is 5. The van der Waals surface area contributed by atoms with Gasteiger partial charge in [0.15, 0.2) is 0 Å². The summed E-state index contributed by atoms with van der Waals surface area (Å²) >= 11 is 0. The van der Waals surface area contributed by atoms with Crippen molar-refractivity contribution < 1.29 is 19.1 Å². The maximum absolute atomic E-state index is 14.0. The molecule has 5 aliphatic carbocycles. The zero-order valence-electron chi connectivity index (χ0n) is 22.0. The van der Waals surface area contributed by atoms with E-state index in [1.54, 1.807) is 0 Å². The molecule has 9 rings (SSSR count). The van der Waals surface area contributed by atoms with Crippen LogP contribution in [0.5, 0.6) is 0 Å². The van der Waals surface area contributed by atoms with Gasteiger partial charge in [-0.05, 0) is 90.9 Å². The number of ketones is 1. The smallest absolute Gasteiger partial charge is 0.410 e. The van der Waals surface area contributed by atoms with E-state index in [0.29, 0.717) is 37.4 Å². The van der Waals surface area contributed by atoms with Crippen molar-refractivity contribution in [2.75, 3.05) is 19.8 Å². The van der Waals surface area contributed by atoms with Gasteiger partial charge in [-0.1, -0.05) is 48.5 Å². The first-order valence-electron chi connectivity index (χ1n) is 14.9. The van der Waals surface area contributed by atoms with Crippen LogP contribution in [-0.4, -0.2) is 48.7 Å². The molecule has 4 saturated carbocycles. The molecule has 0 aromatic heterocycles. The zero-order chi connectivity index (χ0) is 25.4. The van der Waals surface area contributed by atoms with Crippen LogP contribution in [-0.2, 0) is 14.3 Å². The molecule has 2 aromatic carbocycles. The van der Waals surface area contributed by atoms with E-state index in [9.17, 15) is 9.59 Å². The minimum absolute atomic E-state index is 0.0541. The molecule has 198 valence electrons. The topological polar surface area (TPSA) is 55.8 Å². The largest absolute Gasteiger partial charge is 0.448 e. The Kier molecular flexibility index (Phi) is 5.47. The summed E-state index contributed by atoms with van der Waals surface area (Å²) in [6.07, 6.45) is 7.72. The van der Waals surface area contributed by atoms with Crippen LogP contribution in [0.3, 0.4) is 0 Å². The van der Waals surface area contributed by atoms with Gasteiger partial charge in [0.1, 0.15) is 12.4 Å². The van der Waals surface area contributed by atoms with Crippen LogP contribution >= 0.6 is 0 Å². The SMILES string of the molecule is O=C(C1CC2COCC(C1)N2C(=O)OCC1c2ccccc2-c2ccccc21)C1C2CC3CC(C2)CC1C3. The molecule has 0 N–H and O–H groups in total. The van der Waals surface area contributed by atoms with E-state index in [-0.39, 0.29) is 35.9 Å². The van der Waals surface area contributed by atoms with E-state index in [4.69, 9.17) is 9.47 Å². The van der Waals surface area contributed by atoms with E-state index < -0.39 is 0 Å². The first-order valence-corrected chi connectivity index (χ1v) is 14.9. The predicted octanol–water partition coefficient (Wildman–Crippen LogP) is 6.06. The summed E-state index contributed by atoms with van der Waals surface area (Å²) in [6.45, 7) is 1.35. The molecule has 0 radical (unpaired) electrons. The van der Waals surface area contributed by atoms with Crippen molar-refractivity contribution >= 4 is 11.9 Å². The molecule has 7 aliphatic rings. The van der Waals surface area contributed by atoms with Crippen LogP contribution in [0.15, 0.2) is 48.5 Å². The number of carbonyl (C=O) groups is 2. The Morgan fingerprint density at radius 1 is 0.763 bits per heavy atom. The number of hydrogen-bond donors (Lipinski definition) is 0. The number of amides is 1.